The minimum atomic E-state index is -0.947. The third kappa shape index (κ3) is 3.20. The van der Waals surface area contributed by atoms with Crippen LogP contribution in [-0.4, -0.2) is 57.9 Å². The van der Waals surface area contributed by atoms with Crippen LogP contribution in [-0.2, 0) is 16.6 Å². The predicted octanol–water partition coefficient (Wildman–Crippen LogP) is 3.81. The van der Waals surface area contributed by atoms with E-state index in [1.165, 1.54) is 18.9 Å². The average Bonchev–Trinajstić information content (AvgIpc) is 3.60. The number of aromatic hydroxyl groups is 1. The second kappa shape index (κ2) is 7.98. The number of nitrogens with zero attached hydrogens (tertiary/aromatic N) is 1. The van der Waals surface area contributed by atoms with Crippen LogP contribution >= 0.6 is 11.6 Å². The summed E-state index contributed by atoms with van der Waals surface area (Å²) < 4.78 is 6.51. The maximum Gasteiger partial charge on any atom is 0.244 e. The Morgan fingerprint density at radius 2 is 1.97 bits per heavy atom. The van der Waals surface area contributed by atoms with Crippen molar-refractivity contribution in [2.24, 2.45) is 5.92 Å². The monoisotopic (exact) mass is 506 g/mol. The van der Waals surface area contributed by atoms with Gasteiger partial charge in [0, 0.05) is 29.2 Å². The molecule has 3 N–H and O–H groups in total. The number of benzene rings is 2. The number of halogens is 1. The molecule has 1 saturated heterocycles. The molecule has 0 aromatic heterocycles. The first-order valence-corrected chi connectivity index (χ1v) is 13.5. The summed E-state index contributed by atoms with van der Waals surface area (Å²) in [7, 11) is 0. The zero-order valence-corrected chi connectivity index (χ0v) is 20.9. The molecule has 2 saturated carbocycles. The Morgan fingerprint density at radius 3 is 2.75 bits per heavy atom. The number of phenols is 1. The van der Waals surface area contributed by atoms with E-state index in [9.17, 15) is 15.0 Å². The molecule has 2 aliphatic heterocycles. The van der Waals surface area contributed by atoms with Gasteiger partial charge in [0.25, 0.3) is 0 Å². The van der Waals surface area contributed by atoms with Gasteiger partial charge in [-0.05, 0) is 86.4 Å². The van der Waals surface area contributed by atoms with Gasteiger partial charge in [0.05, 0.1) is 17.1 Å². The van der Waals surface area contributed by atoms with Gasteiger partial charge in [-0.1, -0.05) is 29.8 Å². The molecule has 2 heterocycles. The first-order chi connectivity index (χ1) is 17.4. The molecule has 0 radical (unpaired) electrons. The van der Waals surface area contributed by atoms with Gasteiger partial charge in [0.15, 0.2) is 11.5 Å². The van der Waals surface area contributed by atoms with E-state index in [1.54, 1.807) is 24.3 Å². The maximum atomic E-state index is 13.0. The van der Waals surface area contributed by atoms with Crippen LogP contribution in [0.4, 0.5) is 0 Å². The van der Waals surface area contributed by atoms with Gasteiger partial charge in [0.2, 0.25) is 5.91 Å². The molecule has 1 spiro atoms. The van der Waals surface area contributed by atoms with Gasteiger partial charge >= 0.3 is 0 Å². The summed E-state index contributed by atoms with van der Waals surface area (Å²) >= 11 is 5.96. The molecule has 5 atom stereocenters. The Hall–Kier alpha value is -2.54. The lowest BCUT2D eigenvalue weighted by atomic mass is 9.48. The molecule has 7 rings (SSSR count). The van der Waals surface area contributed by atoms with Crippen molar-refractivity contribution in [3.05, 3.63) is 64.2 Å². The number of amides is 1. The third-order valence-electron chi connectivity index (χ3n) is 9.39. The molecule has 188 valence electrons. The topological polar surface area (TPSA) is 82.0 Å². The molecule has 6 nitrogen and oxygen atoms in total. The van der Waals surface area contributed by atoms with E-state index in [2.05, 4.69) is 10.2 Å². The summed E-state index contributed by atoms with van der Waals surface area (Å²) in [5, 5.41) is 27.1. The van der Waals surface area contributed by atoms with E-state index in [0.29, 0.717) is 23.6 Å². The molecule has 3 aliphatic carbocycles. The number of nitrogens with one attached hydrogen (secondary N) is 1. The zero-order chi connectivity index (χ0) is 24.7. The van der Waals surface area contributed by atoms with Crippen LogP contribution in [0.1, 0.15) is 48.8 Å². The lowest BCUT2D eigenvalue weighted by molar-refractivity contribution is -0.192. The van der Waals surface area contributed by atoms with Crippen LogP contribution in [0.2, 0.25) is 5.02 Å². The van der Waals surface area contributed by atoms with Crippen molar-refractivity contribution >= 4 is 23.6 Å². The fraction of sp³-hybridized carbons (Fsp3) is 0.483. The van der Waals surface area contributed by atoms with E-state index in [-0.39, 0.29) is 23.7 Å². The van der Waals surface area contributed by atoms with Crippen LogP contribution in [0.5, 0.6) is 11.5 Å². The first-order valence-electron chi connectivity index (χ1n) is 13.1. The molecule has 7 heteroatoms. The Morgan fingerprint density at radius 1 is 1.17 bits per heavy atom. The summed E-state index contributed by atoms with van der Waals surface area (Å²) in [4.78, 5) is 15.5. The summed E-state index contributed by atoms with van der Waals surface area (Å²) in [5.41, 5.74) is 1.46. The summed E-state index contributed by atoms with van der Waals surface area (Å²) in [6.07, 6.45) is 8.20. The van der Waals surface area contributed by atoms with Gasteiger partial charge in [0.1, 0.15) is 6.10 Å². The number of hydrogen-bond donors (Lipinski definition) is 3. The van der Waals surface area contributed by atoms with Gasteiger partial charge < -0.3 is 20.3 Å². The van der Waals surface area contributed by atoms with E-state index < -0.39 is 17.1 Å². The largest absolute Gasteiger partial charge is 0.504 e. The smallest absolute Gasteiger partial charge is 0.244 e. The van der Waals surface area contributed by atoms with E-state index in [1.807, 2.05) is 18.2 Å². The van der Waals surface area contributed by atoms with Crippen LogP contribution in [0.15, 0.2) is 42.5 Å². The van der Waals surface area contributed by atoms with Crippen molar-refractivity contribution in [3.63, 3.8) is 0 Å². The van der Waals surface area contributed by atoms with E-state index in [0.717, 1.165) is 48.5 Å². The number of ether oxygens (including phenoxy) is 1. The zero-order valence-electron chi connectivity index (χ0n) is 20.1. The minimum Gasteiger partial charge on any atom is -0.504 e. The molecular weight excluding hydrogens is 476 g/mol. The number of phenolic OH excluding ortho intramolecular Hbond substituents is 1. The number of carbonyl (C=O) groups excluding carboxylic acids is 1. The lowest BCUT2D eigenvalue weighted by Crippen LogP contribution is -2.78. The van der Waals surface area contributed by atoms with Gasteiger partial charge in [-0.25, -0.2) is 0 Å². The Labute approximate surface area is 215 Å². The second-order valence-corrected chi connectivity index (χ2v) is 11.8. The molecule has 1 amide bonds. The fourth-order valence-electron chi connectivity index (χ4n) is 7.61. The van der Waals surface area contributed by atoms with E-state index in [4.69, 9.17) is 16.3 Å². The number of aliphatic hydroxyl groups is 1. The highest BCUT2D eigenvalue weighted by molar-refractivity contribution is 6.30. The Kier molecular flexibility index (Phi) is 5.02. The van der Waals surface area contributed by atoms with Crippen LogP contribution in [0, 0.1) is 5.92 Å². The van der Waals surface area contributed by atoms with Gasteiger partial charge in [-0.15, -0.1) is 0 Å². The van der Waals surface area contributed by atoms with Crippen molar-refractivity contribution in [1.29, 1.82) is 0 Å². The minimum absolute atomic E-state index is 0.0300. The SMILES string of the molecule is O=C(/C=C/c1ccc(Cl)cc1)N[C@@H]1CC[C@@]2(O)C3Cc4ccc(O)c5c4[C@@]2(CCN3CC2CC2)[C@H]1O5. The van der Waals surface area contributed by atoms with Crippen LogP contribution in [0.3, 0.4) is 0 Å². The number of hydrogen-bond acceptors (Lipinski definition) is 5. The first kappa shape index (κ1) is 22.6. The maximum absolute atomic E-state index is 13.0. The normalized spacial score (nSPS) is 34.3. The standard InChI is InChI=1S/C29H31ClN2O4/c30-20-7-3-17(4-8-20)5-10-24(34)31-21-11-12-29(35)23-15-19-6-9-22(33)26-25(19)28(29,27(21)36-26)13-14-32(23)16-18-1-2-18/h3-10,18,21,23,27,33,35H,1-2,11-16H2,(H,31,34)/b10-5+/t21-,23?,27+,28+,29-/m1/s1. The van der Waals surface area contributed by atoms with Crippen molar-refractivity contribution in [3.8, 4) is 11.5 Å². The summed E-state index contributed by atoms with van der Waals surface area (Å²) in [6.45, 7) is 1.94. The number of likely N-dealkylation sites (tertiary alicyclic amines) is 1. The quantitative estimate of drug-likeness (QED) is 0.537. The Balaban J connectivity index is 1.22. The molecule has 36 heavy (non-hydrogen) atoms. The molecule has 3 fully saturated rings. The van der Waals surface area contributed by atoms with E-state index >= 15 is 0 Å². The highest BCUT2D eigenvalue weighted by Gasteiger charge is 2.73. The van der Waals surface area contributed by atoms with Crippen molar-refractivity contribution in [2.45, 2.75) is 67.7 Å². The van der Waals surface area contributed by atoms with Gasteiger partial charge in [-0.2, -0.15) is 0 Å². The molecule has 2 aromatic rings. The van der Waals surface area contributed by atoms with Crippen LogP contribution < -0.4 is 10.1 Å². The number of piperidine rings is 1. The van der Waals surface area contributed by atoms with Crippen LogP contribution in [0.25, 0.3) is 6.08 Å². The van der Waals surface area contributed by atoms with Gasteiger partial charge in [-0.3, -0.25) is 9.69 Å². The Bertz CT molecular complexity index is 1260. The molecule has 5 aliphatic rings. The lowest BCUT2D eigenvalue weighted by Gasteiger charge is -2.64. The molecule has 1 unspecified atom stereocenters. The number of rotatable bonds is 5. The average molecular weight is 507 g/mol. The molecule has 2 bridgehead atoms. The number of carbonyl (C=O) groups is 1. The highest BCUT2D eigenvalue weighted by Crippen LogP contribution is 2.65. The van der Waals surface area contributed by atoms with Crippen molar-refractivity contribution in [1.82, 2.24) is 10.2 Å². The third-order valence-corrected chi connectivity index (χ3v) is 9.64. The van der Waals surface area contributed by atoms with Crippen molar-refractivity contribution < 1.29 is 19.7 Å². The molecular formula is C29H31ClN2O4. The second-order valence-electron chi connectivity index (χ2n) is 11.3. The summed E-state index contributed by atoms with van der Waals surface area (Å²) in [5.74, 6) is 1.17. The summed E-state index contributed by atoms with van der Waals surface area (Å²) in [6, 6.07) is 10.8. The molecule has 2 aromatic carbocycles. The van der Waals surface area contributed by atoms with Crippen molar-refractivity contribution in [2.75, 3.05) is 13.1 Å². The highest BCUT2D eigenvalue weighted by atomic mass is 35.5. The predicted molar refractivity (Wildman–Crippen MR) is 137 cm³/mol. The fourth-order valence-corrected chi connectivity index (χ4v) is 7.73.